The summed E-state index contributed by atoms with van der Waals surface area (Å²) in [6.45, 7) is 0. The molecule has 82 valence electrons. The number of ketones is 1. The van der Waals surface area contributed by atoms with Gasteiger partial charge >= 0.3 is 5.97 Å². The molecule has 1 aromatic rings. The second-order valence-electron chi connectivity index (χ2n) is 4.68. The molecular formula is C13H12O3. The highest BCUT2D eigenvalue weighted by Gasteiger charge is 2.38. The van der Waals surface area contributed by atoms with Gasteiger partial charge < -0.3 is 5.11 Å². The Morgan fingerprint density at radius 1 is 1.31 bits per heavy atom. The summed E-state index contributed by atoms with van der Waals surface area (Å²) in [5.41, 5.74) is 3.02. The molecule has 0 bridgehead atoms. The van der Waals surface area contributed by atoms with Crippen LogP contribution in [0.5, 0.6) is 0 Å². The van der Waals surface area contributed by atoms with Crippen molar-refractivity contribution in [2.45, 2.75) is 25.2 Å². The van der Waals surface area contributed by atoms with E-state index in [0.717, 1.165) is 16.7 Å². The molecular weight excluding hydrogens is 204 g/mol. The normalized spacial score (nSPS) is 26.6. The second-order valence-corrected chi connectivity index (χ2v) is 4.68. The molecule has 3 nitrogen and oxygen atoms in total. The predicted octanol–water partition coefficient (Wildman–Crippen LogP) is 2.00. The van der Waals surface area contributed by atoms with Crippen LogP contribution in [0, 0.1) is 5.92 Å². The highest BCUT2D eigenvalue weighted by atomic mass is 16.4. The lowest BCUT2D eigenvalue weighted by Crippen LogP contribution is -2.24. The number of carboxylic acid groups (broad SMARTS) is 1. The molecule has 0 saturated carbocycles. The van der Waals surface area contributed by atoms with E-state index in [4.69, 9.17) is 5.11 Å². The summed E-state index contributed by atoms with van der Waals surface area (Å²) in [7, 11) is 0. The van der Waals surface area contributed by atoms with Gasteiger partial charge in [0.05, 0.1) is 5.92 Å². The third-order valence-corrected chi connectivity index (χ3v) is 3.72. The van der Waals surface area contributed by atoms with Crippen LogP contribution in [0.3, 0.4) is 0 Å². The van der Waals surface area contributed by atoms with Crippen molar-refractivity contribution in [2.75, 3.05) is 0 Å². The molecule has 0 radical (unpaired) electrons. The number of Topliss-reactive ketones (excluding diaryl/α,β-unsaturated/α-hetero) is 1. The van der Waals surface area contributed by atoms with Gasteiger partial charge in [0.2, 0.25) is 0 Å². The highest BCUT2D eigenvalue weighted by Crippen LogP contribution is 2.44. The van der Waals surface area contributed by atoms with Gasteiger partial charge in [-0.1, -0.05) is 18.2 Å². The topological polar surface area (TPSA) is 54.4 Å². The molecule has 0 spiro atoms. The Balaban J connectivity index is 2.10. The summed E-state index contributed by atoms with van der Waals surface area (Å²) in [6, 6.07) is 5.68. The molecule has 2 aliphatic rings. The van der Waals surface area contributed by atoms with Crippen molar-refractivity contribution in [1.29, 1.82) is 0 Å². The number of benzene rings is 1. The SMILES string of the molecule is O=C1CC2CC(C(=O)O)Cc3cccc1c32. The van der Waals surface area contributed by atoms with E-state index in [2.05, 4.69) is 0 Å². The number of carbonyl (C=O) groups excluding carboxylic acids is 1. The molecule has 0 aliphatic heterocycles. The van der Waals surface area contributed by atoms with Crippen molar-refractivity contribution in [3.63, 3.8) is 0 Å². The average Bonchev–Trinajstić information content (AvgIpc) is 2.58. The number of aliphatic carboxylic acids is 1. The Labute approximate surface area is 93.1 Å². The molecule has 0 saturated heterocycles. The van der Waals surface area contributed by atoms with Crippen molar-refractivity contribution in [3.05, 3.63) is 34.9 Å². The van der Waals surface area contributed by atoms with Crippen LogP contribution < -0.4 is 0 Å². The van der Waals surface area contributed by atoms with Gasteiger partial charge in [0.1, 0.15) is 0 Å². The fourth-order valence-electron chi connectivity index (χ4n) is 3.03. The maximum absolute atomic E-state index is 11.7. The summed E-state index contributed by atoms with van der Waals surface area (Å²) in [5, 5.41) is 9.08. The third-order valence-electron chi connectivity index (χ3n) is 3.72. The Bertz CT molecular complexity index is 490. The zero-order chi connectivity index (χ0) is 11.3. The zero-order valence-corrected chi connectivity index (χ0v) is 8.77. The summed E-state index contributed by atoms with van der Waals surface area (Å²) < 4.78 is 0. The lowest BCUT2D eigenvalue weighted by atomic mass is 9.78. The molecule has 3 rings (SSSR count). The average molecular weight is 216 g/mol. The summed E-state index contributed by atoms with van der Waals surface area (Å²) >= 11 is 0. The zero-order valence-electron chi connectivity index (χ0n) is 8.77. The molecule has 0 fully saturated rings. The van der Waals surface area contributed by atoms with E-state index >= 15 is 0 Å². The standard InChI is InChI=1S/C13H12O3/c14-11-6-8-5-9(13(15)16)4-7-2-1-3-10(11)12(7)8/h1-3,8-9H,4-6H2,(H,15,16). The molecule has 0 amide bonds. The third kappa shape index (κ3) is 1.21. The number of carbonyl (C=O) groups is 2. The van der Waals surface area contributed by atoms with Gasteiger partial charge in [-0.2, -0.15) is 0 Å². The number of hydrogen-bond donors (Lipinski definition) is 1. The molecule has 16 heavy (non-hydrogen) atoms. The first-order chi connectivity index (χ1) is 7.66. The molecule has 1 aromatic carbocycles. The molecule has 0 aromatic heterocycles. The van der Waals surface area contributed by atoms with Crippen LogP contribution in [-0.4, -0.2) is 16.9 Å². The lowest BCUT2D eigenvalue weighted by Gasteiger charge is -2.25. The summed E-state index contributed by atoms with van der Waals surface area (Å²) in [4.78, 5) is 22.8. The van der Waals surface area contributed by atoms with Crippen LogP contribution in [0.25, 0.3) is 0 Å². The van der Waals surface area contributed by atoms with Crippen molar-refractivity contribution in [3.8, 4) is 0 Å². The van der Waals surface area contributed by atoms with Gasteiger partial charge in [0.25, 0.3) is 0 Å². The number of hydrogen-bond acceptors (Lipinski definition) is 2. The Hall–Kier alpha value is -1.64. The van der Waals surface area contributed by atoms with Crippen molar-refractivity contribution >= 4 is 11.8 Å². The van der Waals surface area contributed by atoms with Crippen molar-refractivity contribution in [2.24, 2.45) is 5.92 Å². The fourth-order valence-corrected chi connectivity index (χ4v) is 3.03. The van der Waals surface area contributed by atoms with Crippen molar-refractivity contribution in [1.82, 2.24) is 0 Å². The van der Waals surface area contributed by atoms with Crippen LogP contribution in [0.4, 0.5) is 0 Å². The Morgan fingerprint density at radius 3 is 2.88 bits per heavy atom. The fraction of sp³-hybridized carbons (Fsp3) is 0.385. The predicted molar refractivity (Wildman–Crippen MR) is 57.6 cm³/mol. The van der Waals surface area contributed by atoms with Gasteiger partial charge in [0, 0.05) is 12.0 Å². The number of carboxylic acids is 1. The molecule has 3 heteroatoms. The monoisotopic (exact) mass is 216 g/mol. The van der Waals surface area contributed by atoms with E-state index < -0.39 is 5.97 Å². The minimum absolute atomic E-state index is 0.147. The van der Waals surface area contributed by atoms with Gasteiger partial charge in [-0.05, 0) is 29.9 Å². The first-order valence-corrected chi connectivity index (χ1v) is 5.54. The van der Waals surface area contributed by atoms with Gasteiger partial charge in [-0.15, -0.1) is 0 Å². The van der Waals surface area contributed by atoms with Crippen LogP contribution in [0.1, 0.15) is 40.2 Å². The molecule has 0 heterocycles. The van der Waals surface area contributed by atoms with Gasteiger partial charge in [-0.3, -0.25) is 9.59 Å². The molecule has 1 N–H and O–H groups in total. The van der Waals surface area contributed by atoms with Crippen LogP contribution >= 0.6 is 0 Å². The van der Waals surface area contributed by atoms with Crippen LogP contribution in [0.2, 0.25) is 0 Å². The van der Waals surface area contributed by atoms with Crippen LogP contribution in [-0.2, 0) is 11.2 Å². The molecule has 2 aliphatic carbocycles. The maximum atomic E-state index is 11.7. The largest absolute Gasteiger partial charge is 0.481 e. The first-order valence-electron chi connectivity index (χ1n) is 5.54. The molecule has 2 unspecified atom stereocenters. The smallest absolute Gasteiger partial charge is 0.306 e. The number of rotatable bonds is 1. The maximum Gasteiger partial charge on any atom is 0.306 e. The summed E-state index contributed by atoms with van der Waals surface area (Å²) in [6.07, 6.45) is 1.68. The van der Waals surface area contributed by atoms with Gasteiger partial charge in [0.15, 0.2) is 5.78 Å². The summed E-state index contributed by atoms with van der Waals surface area (Å²) in [5.74, 6) is -0.740. The minimum Gasteiger partial charge on any atom is -0.481 e. The van der Waals surface area contributed by atoms with Crippen molar-refractivity contribution < 1.29 is 14.7 Å². The van der Waals surface area contributed by atoms with E-state index in [1.54, 1.807) is 0 Å². The molecule has 2 atom stereocenters. The quantitative estimate of drug-likeness (QED) is 0.781. The van der Waals surface area contributed by atoms with E-state index in [-0.39, 0.29) is 17.6 Å². The highest BCUT2D eigenvalue weighted by molar-refractivity contribution is 6.02. The van der Waals surface area contributed by atoms with E-state index in [1.165, 1.54) is 0 Å². The lowest BCUT2D eigenvalue weighted by molar-refractivity contribution is -0.142. The van der Waals surface area contributed by atoms with E-state index in [1.807, 2.05) is 18.2 Å². The van der Waals surface area contributed by atoms with E-state index in [9.17, 15) is 9.59 Å². The Morgan fingerprint density at radius 2 is 2.12 bits per heavy atom. The first kappa shape index (κ1) is 9.58. The van der Waals surface area contributed by atoms with E-state index in [0.29, 0.717) is 19.3 Å². The minimum atomic E-state index is -0.740. The van der Waals surface area contributed by atoms with Crippen LogP contribution in [0.15, 0.2) is 18.2 Å². The Kier molecular flexibility index (Phi) is 1.90. The second kappa shape index (κ2) is 3.17. The van der Waals surface area contributed by atoms with Gasteiger partial charge in [-0.25, -0.2) is 0 Å².